The maximum Gasteiger partial charge on any atom is 0.0426 e. The molecule has 16 heavy (non-hydrogen) atoms. The number of halogens is 2. The summed E-state index contributed by atoms with van der Waals surface area (Å²) in [5.74, 6) is 0. The van der Waals surface area contributed by atoms with E-state index >= 15 is 0 Å². The van der Waals surface area contributed by atoms with E-state index in [1.807, 2.05) is 54.6 Å². The molecule has 0 heterocycles. The molecule has 0 saturated heterocycles. The number of benzene rings is 2. The normalized spacial score (nSPS) is 10.9. The lowest BCUT2D eigenvalue weighted by Gasteiger charge is -1.97. The Kier molecular flexibility index (Phi) is 3.66. The first-order valence-corrected chi connectivity index (χ1v) is 5.69. The zero-order chi connectivity index (χ0) is 11.4. The fourth-order valence-corrected chi connectivity index (χ4v) is 1.97. The van der Waals surface area contributed by atoms with Crippen LogP contribution in [0.15, 0.2) is 48.5 Å². The summed E-state index contributed by atoms with van der Waals surface area (Å²) in [6, 6.07) is 15.6. The lowest BCUT2D eigenvalue weighted by Crippen LogP contribution is -1.74. The van der Waals surface area contributed by atoms with Crippen LogP contribution >= 0.6 is 23.2 Å². The molecular weight excluding hydrogens is 239 g/mol. The van der Waals surface area contributed by atoms with Crippen LogP contribution in [0.4, 0.5) is 0 Å². The van der Waals surface area contributed by atoms with Crippen LogP contribution in [0.3, 0.4) is 0 Å². The monoisotopic (exact) mass is 248 g/mol. The molecule has 0 fully saturated rings. The minimum Gasteiger partial charge on any atom is -0.0843 e. The van der Waals surface area contributed by atoms with Crippen LogP contribution in [-0.2, 0) is 0 Å². The molecule has 0 amide bonds. The summed E-state index contributed by atoms with van der Waals surface area (Å²) >= 11 is 11.8. The Morgan fingerprint density at radius 2 is 1.25 bits per heavy atom. The van der Waals surface area contributed by atoms with Gasteiger partial charge in [-0.3, -0.25) is 0 Å². The molecule has 2 aromatic rings. The number of hydrogen-bond donors (Lipinski definition) is 0. The lowest BCUT2D eigenvalue weighted by molar-refractivity contribution is 1.64. The zero-order valence-electron chi connectivity index (χ0n) is 8.53. The van der Waals surface area contributed by atoms with E-state index in [0.29, 0.717) is 10.0 Å². The Labute approximate surface area is 105 Å². The van der Waals surface area contributed by atoms with Gasteiger partial charge in [-0.15, -0.1) is 0 Å². The molecule has 0 nitrogen and oxygen atoms in total. The highest BCUT2D eigenvalue weighted by Gasteiger charge is 1.94. The molecule has 0 saturated carbocycles. The van der Waals surface area contributed by atoms with Gasteiger partial charge in [-0.05, 0) is 29.3 Å². The highest BCUT2D eigenvalue weighted by atomic mass is 35.5. The van der Waals surface area contributed by atoms with Gasteiger partial charge >= 0.3 is 0 Å². The van der Waals surface area contributed by atoms with Crippen molar-refractivity contribution < 1.29 is 0 Å². The van der Waals surface area contributed by atoms with Gasteiger partial charge in [0.1, 0.15) is 0 Å². The van der Waals surface area contributed by atoms with E-state index in [1.54, 1.807) is 6.07 Å². The Morgan fingerprint density at radius 3 is 1.88 bits per heavy atom. The molecule has 0 aliphatic heterocycles. The van der Waals surface area contributed by atoms with E-state index < -0.39 is 0 Å². The fourth-order valence-electron chi connectivity index (χ4n) is 1.43. The molecule has 2 aromatic carbocycles. The highest BCUT2D eigenvalue weighted by Crippen LogP contribution is 2.20. The molecule has 0 spiro atoms. The van der Waals surface area contributed by atoms with Crippen molar-refractivity contribution in [3.63, 3.8) is 0 Å². The predicted molar refractivity (Wildman–Crippen MR) is 71.8 cm³/mol. The van der Waals surface area contributed by atoms with Gasteiger partial charge in [0.15, 0.2) is 0 Å². The fraction of sp³-hybridized carbons (Fsp3) is 0. The van der Waals surface area contributed by atoms with E-state index in [-0.39, 0.29) is 0 Å². The van der Waals surface area contributed by atoms with Crippen molar-refractivity contribution >= 4 is 35.4 Å². The first-order chi connectivity index (χ1) is 7.74. The third kappa shape index (κ3) is 3.13. The van der Waals surface area contributed by atoms with Crippen molar-refractivity contribution in [3.05, 3.63) is 69.7 Å². The molecule has 0 aromatic heterocycles. The van der Waals surface area contributed by atoms with Gasteiger partial charge < -0.3 is 0 Å². The summed E-state index contributed by atoms with van der Waals surface area (Å²) in [4.78, 5) is 0. The quantitative estimate of drug-likeness (QED) is 0.644. The number of hydrogen-bond acceptors (Lipinski definition) is 0. The molecule has 0 bridgehead atoms. The highest BCUT2D eigenvalue weighted by molar-refractivity contribution is 6.34. The van der Waals surface area contributed by atoms with E-state index in [2.05, 4.69) is 0 Å². The van der Waals surface area contributed by atoms with Crippen LogP contribution < -0.4 is 0 Å². The molecule has 80 valence electrons. The van der Waals surface area contributed by atoms with Crippen molar-refractivity contribution in [1.82, 2.24) is 0 Å². The Morgan fingerprint density at radius 1 is 0.688 bits per heavy atom. The van der Waals surface area contributed by atoms with Crippen molar-refractivity contribution in [1.29, 1.82) is 0 Å². The summed E-state index contributed by atoms with van der Waals surface area (Å²) in [6.45, 7) is 0. The molecule has 0 atom stereocenters. The van der Waals surface area contributed by atoms with Gasteiger partial charge in [-0.1, -0.05) is 65.7 Å². The van der Waals surface area contributed by atoms with Gasteiger partial charge in [0.05, 0.1) is 0 Å². The Balaban J connectivity index is 2.24. The standard InChI is InChI=1S/C14H10Cl2/c15-13-8-12(9-14(16)10-13)7-6-11-4-2-1-3-5-11/h1-10H/b7-6+. The van der Waals surface area contributed by atoms with Crippen molar-refractivity contribution in [2.45, 2.75) is 0 Å². The maximum absolute atomic E-state index is 5.91. The third-order valence-electron chi connectivity index (χ3n) is 2.15. The second-order valence-electron chi connectivity index (χ2n) is 3.45. The summed E-state index contributed by atoms with van der Waals surface area (Å²) in [7, 11) is 0. The van der Waals surface area contributed by atoms with Gasteiger partial charge in [-0.2, -0.15) is 0 Å². The van der Waals surface area contributed by atoms with E-state index in [9.17, 15) is 0 Å². The Hall–Kier alpha value is -1.24. The van der Waals surface area contributed by atoms with Crippen molar-refractivity contribution in [2.75, 3.05) is 0 Å². The lowest BCUT2D eigenvalue weighted by atomic mass is 10.1. The first kappa shape index (κ1) is 11.3. The summed E-state index contributed by atoms with van der Waals surface area (Å²) in [5, 5.41) is 1.31. The van der Waals surface area contributed by atoms with E-state index in [0.717, 1.165) is 11.1 Å². The van der Waals surface area contributed by atoms with Crippen LogP contribution in [0.2, 0.25) is 10.0 Å². The zero-order valence-corrected chi connectivity index (χ0v) is 10.0. The van der Waals surface area contributed by atoms with Crippen LogP contribution in [0.25, 0.3) is 12.2 Å². The van der Waals surface area contributed by atoms with Gasteiger partial charge in [0, 0.05) is 10.0 Å². The molecule has 0 radical (unpaired) electrons. The van der Waals surface area contributed by atoms with Gasteiger partial charge in [0.25, 0.3) is 0 Å². The van der Waals surface area contributed by atoms with Crippen molar-refractivity contribution in [2.24, 2.45) is 0 Å². The largest absolute Gasteiger partial charge is 0.0843 e. The maximum atomic E-state index is 5.91. The minimum absolute atomic E-state index is 0.653. The van der Waals surface area contributed by atoms with Crippen LogP contribution in [0.5, 0.6) is 0 Å². The second-order valence-corrected chi connectivity index (χ2v) is 4.32. The van der Waals surface area contributed by atoms with Crippen LogP contribution in [-0.4, -0.2) is 0 Å². The summed E-state index contributed by atoms with van der Waals surface area (Å²) < 4.78 is 0. The number of rotatable bonds is 2. The Bertz CT molecular complexity index is 481. The SMILES string of the molecule is Clc1cc(Cl)cc(/C=C/c2ccccc2)c1. The van der Waals surface area contributed by atoms with Gasteiger partial charge in [0.2, 0.25) is 0 Å². The average Bonchev–Trinajstić information content (AvgIpc) is 2.27. The molecular formula is C14H10Cl2. The van der Waals surface area contributed by atoms with Crippen LogP contribution in [0.1, 0.15) is 11.1 Å². The summed E-state index contributed by atoms with van der Waals surface area (Å²) in [5.41, 5.74) is 2.15. The molecule has 0 aliphatic rings. The molecule has 2 rings (SSSR count). The predicted octanol–water partition coefficient (Wildman–Crippen LogP) is 5.16. The minimum atomic E-state index is 0.653. The molecule has 0 aliphatic carbocycles. The topological polar surface area (TPSA) is 0 Å². The molecule has 0 unspecified atom stereocenters. The summed E-state index contributed by atoms with van der Waals surface area (Å²) in [6.07, 6.45) is 4.02. The molecule has 0 N–H and O–H groups in total. The third-order valence-corrected chi connectivity index (χ3v) is 2.59. The van der Waals surface area contributed by atoms with Crippen molar-refractivity contribution in [3.8, 4) is 0 Å². The van der Waals surface area contributed by atoms with Gasteiger partial charge in [-0.25, -0.2) is 0 Å². The second kappa shape index (κ2) is 5.20. The van der Waals surface area contributed by atoms with E-state index in [1.165, 1.54) is 0 Å². The van der Waals surface area contributed by atoms with E-state index in [4.69, 9.17) is 23.2 Å². The smallest absolute Gasteiger partial charge is 0.0426 e. The van der Waals surface area contributed by atoms with Crippen LogP contribution in [0, 0.1) is 0 Å². The molecule has 2 heteroatoms. The average molecular weight is 249 g/mol. The first-order valence-electron chi connectivity index (χ1n) is 4.93.